The zero-order valence-corrected chi connectivity index (χ0v) is 19.7. The van der Waals surface area contributed by atoms with Crippen molar-refractivity contribution in [1.82, 2.24) is 0 Å². The van der Waals surface area contributed by atoms with Gasteiger partial charge in [0.1, 0.15) is 23.9 Å². The van der Waals surface area contributed by atoms with Crippen molar-refractivity contribution in [1.29, 1.82) is 0 Å². The molecule has 33 heavy (non-hydrogen) atoms. The minimum Gasteiger partial charge on any atom is -0.488 e. The lowest BCUT2D eigenvalue weighted by molar-refractivity contribution is -0.0165. The molecule has 0 aliphatic carbocycles. The molecule has 2 aliphatic heterocycles. The third-order valence-corrected chi connectivity index (χ3v) is 6.23. The second-order valence-electron chi connectivity index (χ2n) is 7.62. The second-order valence-corrected chi connectivity index (χ2v) is 8.90. The molecule has 168 valence electrons. The monoisotopic (exact) mass is 502 g/mol. The fraction of sp³-hybridized carbons (Fsp3) is 0.160. The average Bonchev–Trinajstić information content (AvgIpc) is 3.10. The van der Waals surface area contributed by atoms with E-state index in [2.05, 4.69) is 0 Å². The normalized spacial score (nSPS) is 15.6. The fourth-order valence-corrected chi connectivity index (χ4v) is 4.49. The predicted molar refractivity (Wildman–Crippen MR) is 127 cm³/mol. The van der Waals surface area contributed by atoms with Crippen LogP contribution in [0.2, 0.25) is 15.1 Å². The van der Waals surface area contributed by atoms with Crippen LogP contribution < -0.4 is 14.2 Å². The third kappa shape index (κ3) is 4.30. The smallest absolute Gasteiger partial charge is 0.231 e. The van der Waals surface area contributed by atoms with Crippen molar-refractivity contribution >= 4 is 46.7 Å². The lowest BCUT2D eigenvalue weighted by Crippen LogP contribution is -2.12. The number of Topliss-reactive ketones (excluding diaryl/α,β-unsaturated/α-hetero) is 1. The van der Waals surface area contributed by atoms with Crippen LogP contribution in [0.25, 0.3) is 6.08 Å². The first-order valence-electron chi connectivity index (χ1n) is 10.1. The van der Waals surface area contributed by atoms with Crippen LogP contribution in [0, 0.1) is 6.92 Å². The van der Waals surface area contributed by atoms with Crippen molar-refractivity contribution in [2.24, 2.45) is 0 Å². The van der Waals surface area contributed by atoms with Gasteiger partial charge in [0.25, 0.3) is 0 Å². The van der Waals surface area contributed by atoms with Gasteiger partial charge < -0.3 is 18.9 Å². The summed E-state index contributed by atoms with van der Waals surface area (Å²) in [5.41, 5.74) is 3.45. The summed E-state index contributed by atoms with van der Waals surface area (Å²) in [4.78, 5) is 13.0. The fourth-order valence-electron chi connectivity index (χ4n) is 3.78. The van der Waals surface area contributed by atoms with Crippen molar-refractivity contribution in [3.8, 4) is 17.2 Å². The molecule has 0 N–H and O–H groups in total. The summed E-state index contributed by atoms with van der Waals surface area (Å²) in [5, 5.41) is 1.60. The zero-order valence-electron chi connectivity index (χ0n) is 17.4. The molecule has 3 aromatic carbocycles. The van der Waals surface area contributed by atoms with E-state index in [-0.39, 0.29) is 24.9 Å². The summed E-state index contributed by atoms with van der Waals surface area (Å²) in [6.45, 7) is 2.62. The van der Waals surface area contributed by atoms with Crippen LogP contribution in [0.15, 0.2) is 48.2 Å². The molecule has 0 fully saturated rings. The zero-order chi connectivity index (χ0) is 23.1. The Balaban J connectivity index is 1.42. The minimum atomic E-state index is -0.221. The van der Waals surface area contributed by atoms with Crippen molar-refractivity contribution in [2.45, 2.75) is 20.1 Å². The van der Waals surface area contributed by atoms with Crippen molar-refractivity contribution in [3.05, 3.63) is 91.1 Å². The molecular formula is C25H17Cl3O5. The molecular weight excluding hydrogens is 487 g/mol. The van der Waals surface area contributed by atoms with E-state index in [0.29, 0.717) is 55.6 Å². The Kier molecular flexibility index (Phi) is 5.97. The first-order valence-corrected chi connectivity index (χ1v) is 11.2. The van der Waals surface area contributed by atoms with Crippen LogP contribution in [-0.4, -0.2) is 12.6 Å². The molecule has 0 spiro atoms. The summed E-state index contributed by atoms with van der Waals surface area (Å²) in [7, 11) is 0. The van der Waals surface area contributed by atoms with Gasteiger partial charge >= 0.3 is 0 Å². The molecule has 0 atom stereocenters. The van der Waals surface area contributed by atoms with E-state index in [9.17, 15) is 4.79 Å². The molecule has 3 aromatic rings. The Morgan fingerprint density at radius 1 is 1.03 bits per heavy atom. The predicted octanol–water partition coefficient (Wildman–Crippen LogP) is 7.02. The van der Waals surface area contributed by atoms with Gasteiger partial charge in [-0.3, -0.25) is 4.79 Å². The molecule has 0 saturated carbocycles. The van der Waals surface area contributed by atoms with E-state index < -0.39 is 0 Å². The highest BCUT2D eigenvalue weighted by atomic mass is 35.5. The van der Waals surface area contributed by atoms with E-state index in [1.54, 1.807) is 42.5 Å². The summed E-state index contributed by atoms with van der Waals surface area (Å²) < 4.78 is 22.9. The van der Waals surface area contributed by atoms with Crippen LogP contribution in [0.3, 0.4) is 0 Å². The molecule has 0 radical (unpaired) electrons. The average molecular weight is 504 g/mol. The molecule has 2 heterocycles. The van der Waals surface area contributed by atoms with Gasteiger partial charge in [0, 0.05) is 37.3 Å². The van der Waals surface area contributed by atoms with E-state index >= 15 is 0 Å². The molecule has 8 heteroatoms. The largest absolute Gasteiger partial charge is 0.488 e. The molecule has 0 bridgehead atoms. The number of benzene rings is 3. The number of fused-ring (bicyclic) bond motifs is 2. The van der Waals surface area contributed by atoms with Gasteiger partial charge in [0.05, 0.1) is 12.2 Å². The number of rotatable bonds is 4. The molecule has 2 aliphatic rings. The van der Waals surface area contributed by atoms with Gasteiger partial charge in [-0.25, -0.2) is 0 Å². The quantitative estimate of drug-likeness (QED) is 0.358. The third-order valence-electron chi connectivity index (χ3n) is 5.43. The lowest BCUT2D eigenvalue weighted by atomic mass is 10.0. The van der Waals surface area contributed by atoms with Crippen molar-refractivity contribution < 1.29 is 23.7 Å². The Bertz CT molecular complexity index is 1320. The van der Waals surface area contributed by atoms with Gasteiger partial charge in [-0.2, -0.15) is 0 Å². The molecule has 0 aromatic heterocycles. The number of hydrogen-bond donors (Lipinski definition) is 0. The summed E-state index contributed by atoms with van der Waals surface area (Å²) in [5.74, 6) is 1.65. The summed E-state index contributed by atoms with van der Waals surface area (Å²) >= 11 is 18.4. The maximum absolute atomic E-state index is 13.0. The van der Waals surface area contributed by atoms with Gasteiger partial charge in [-0.15, -0.1) is 0 Å². The van der Waals surface area contributed by atoms with Crippen LogP contribution in [-0.2, 0) is 18.0 Å². The first kappa shape index (κ1) is 22.1. The Morgan fingerprint density at radius 3 is 2.70 bits per heavy atom. The maximum Gasteiger partial charge on any atom is 0.231 e. The molecule has 0 amide bonds. The van der Waals surface area contributed by atoms with Crippen LogP contribution >= 0.6 is 34.8 Å². The first-order chi connectivity index (χ1) is 15.9. The topological polar surface area (TPSA) is 54.0 Å². The highest BCUT2D eigenvalue weighted by Gasteiger charge is 2.31. The van der Waals surface area contributed by atoms with Crippen molar-refractivity contribution in [2.75, 3.05) is 6.79 Å². The maximum atomic E-state index is 13.0. The van der Waals surface area contributed by atoms with Crippen LogP contribution in [0.5, 0.6) is 17.2 Å². The number of halogens is 3. The number of hydrogen-bond acceptors (Lipinski definition) is 5. The number of carbonyl (C=O) groups is 1. The Morgan fingerprint density at radius 2 is 1.88 bits per heavy atom. The van der Waals surface area contributed by atoms with E-state index in [1.165, 1.54) is 0 Å². The Labute approximate surface area is 205 Å². The van der Waals surface area contributed by atoms with E-state index in [4.69, 9.17) is 53.8 Å². The SMILES string of the molecule is Cc1c(OCc2ccc(Cl)cc2Cl)ccc2c1O/C(=C\c1cc(Cl)cc3c1OCOC3)C2=O. The molecule has 5 rings (SSSR count). The number of ketones is 1. The number of ether oxygens (including phenoxy) is 4. The van der Waals surface area contributed by atoms with Gasteiger partial charge in [-0.1, -0.05) is 40.9 Å². The lowest BCUT2D eigenvalue weighted by Gasteiger charge is -2.20. The van der Waals surface area contributed by atoms with Crippen LogP contribution in [0.4, 0.5) is 0 Å². The molecule has 0 saturated heterocycles. The number of allylic oxidation sites excluding steroid dienone is 1. The summed E-state index contributed by atoms with van der Waals surface area (Å²) in [6.07, 6.45) is 1.64. The molecule has 5 nitrogen and oxygen atoms in total. The highest BCUT2D eigenvalue weighted by molar-refractivity contribution is 6.35. The standard InChI is InChI=1S/C25H17Cl3O5/c1-13-21(31-11-14-2-3-17(26)9-20(14)28)5-4-19-23(29)22(33-24(13)19)8-15-6-18(27)7-16-10-30-12-32-25(15)16/h2-9H,10-12H2,1H3/b22-8-. The summed E-state index contributed by atoms with van der Waals surface area (Å²) in [6, 6.07) is 12.2. The van der Waals surface area contributed by atoms with Crippen molar-refractivity contribution in [3.63, 3.8) is 0 Å². The van der Waals surface area contributed by atoms with Gasteiger partial charge in [0.15, 0.2) is 12.6 Å². The van der Waals surface area contributed by atoms with E-state index in [1.807, 2.05) is 13.0 Å². The molecule has 0 unspecified atom stereocenters. The highest BCUT2D eigenvalue weighted by Crippen LogP contribution is 2.41. The minimum absolute atomic E-state index is 0.136. The van der Waals surface area contributed by atoms with E-state index in [0.717, 1.165) is 11.1 Å². The van der Waals surface area contributed by atoms with Gasteiger partial charge in [-0.05, 0) is 49.4 Å². The second kappa shape index (κ2) is 8.92. The number of carbonyl (C=O) groups excluding carboxylic acids is 1. The van der Waals surface area contributed by atoms with Gasteiger partial charge in [0.2, 0.25) is 5.78 Å². The Hall–Kier alpha value is -2.70. The van der Waals surface area contributed by atoms with Crippen LogP contribution in [0.1, 0.15) is 32.6 Å².